The maximum Gasteiger partial charge on any atom is 0.250 e. The van der Waals surface area contributed by atoms with Gasteiger partial charge in [0.1, 0.15) is 0 Å². The third-order valence-electron chi connectivity index (χ3n) is 4.94. The molecule has 1 aromatic carbocycles. The predicted molar refractivity (Wildman–Crippen MR) is 114 cm³/mol. The summed E-state index contributed by atoms with van der Waals surface area (Å²) in [6.45, 7) is 4.48. The van der Waals surface area contributed by atoms with Crippen molar-refractivity contribution in [3.8, 4) is 0 Å². The number of rotatable bonds is 8. The van der Waals surface area contributed by atoms with Crippen molar-refractivity contribution in [2.45, 2.75) is 70.9 Å². The summed E-state index contributed by atoms with van der Waals surface area (Å²) < 4.78 is 5.38. The fourth-order valence-electron chi connectivity index (χ4n) is 3.55. The van der Waals surface area contributed by atoms with Crippen LogP contribution in [0, 0.1) is 5.92 Å². The van der Waals surface area contributed by atoms with Gasteiger partial charge in [0.05, 0.1) is 0 Å². The van der Waals surface area contributed by atoms with Crippen LogP contribution in [0.3, 0.4) is 0 Å². The van der Waals surface area contributed by atoms with E-state index in [0.717, 1.165) is 12.0 Å². The second-order valence-corrected chi connectivity index (χ2v) is 7.68. The molecule has 1 aromatic rings. The smallest absolute Gasteiger partial charge is 0.250 e. The third-order valence-corrected chi connectivity index (χ3v) is 5.53. The topological polar surface area (TPSA) is 64.3 Å². The fourth-order valence-corrected chi connectivity index (χ4v) is 4.06. The Morgan fingerprint density at radius 3 is 2.52 bits per heavy atom. The molecule has 2 unspecified atom stereocenters. The average molecular weight is 417 g/mol. The lowest BCUT2D eigenvalue weighted by Gasteiger charge is -2.28. The van der Waals surface area contributed by atoms with Crippen molar-refractivity contribution in [1.29, 1.82) is 0 Å². The first-order valence-corrected chi connectivity index (χ1v) is 10.8. The quantitative estimate of drug-likeness (QED) is 0.626. The third kappa shape index (κ3) is 8.39. The highest BCUT2D eigenvalue weighted by molar-refractivity contribution is 6.35. The van der Waals surface area contributed by atoms with Crippen molar-refractivity contribution in [2.24, 2.45) is 11.7 Å². The zero-order valence-electron chi connectivity index (χ0n) is 16.8. The number of nitrogens with two attached hydrogens (primary N) is 1. The molecular weight excluding hydrogens is 383 g/mol. The minimum atomic E-state index is -0.609. The number of nitrogens with one attached hydrogen (secondary N) is 1. The SMILES string of the molecule is CC.COC(C(=O)NCCc1ccc(Cl)cc1Cl)C(N)CC1CCCCC1. The van der Waals surface area contributed by atoms with E-state index in [1.807, 2.05) is 19.9 Å². The summed E-state index contributed by atoms with van der Waals surface area (Å²) in [5, 5.41) is 4.12. The van der Waals surface area contributed by atoms with Crippen LogP contribution in [0.1, 0.15) is 57.9 Å². The second-order valence-electron chi connectivity index (χ2n) is 6.84. The highest BCUT2D eigenvalue weighted by Crippen LogP contribution is 2.27. The van der Waals surface area contributed by atoms with Crippen LogP contribution in [0.2, 0.25) is 10.0 Å². The molecule has 27 heavy (non-hydrogen) atoms. The molecule has 2 atom stereocenters. The van der Waals surface area contributed by atoms with E-state index in [9.17, 15) is 4.79 Å². The minimum Gasteiger partial charge on any atom is -0.370 e. The van der Waals surface area contributed by atoms with Crippen LogP contribution in [0.25, 0.3) is 0 Å². The first-order valence-electron chi connectivity index (χ1n) is 10.0. The Kier molecular flexibility index (Phi) is 12.0. The molecule has 154 valence electrons. The average Bonchev–Trinajstić information content (AvgIpc) is 2.66. The molecule has 1 saturated carbocycles. The van der Waals surface area contributed by atoms with E-state index >= 15 is 0 Å². The van der Waals surface area contributed by atoms with Crippen molar-refractivity contribution in [2.75, 3.05) is 13.7 Å². The number of amides is 1. The maximum atomic E-state index is 12.4. The van der Waals surface area contributed by atoms with Gasteiger partial charge in [-0.2, -0.15) is 0 Å². The number of methoxy groups -OCH3 is 1. The fraction of sp³-hybridized carbons (Fsp3) is 0.667. The predicted octanol–water partition coefficient (Wildman–Crippen LogP) is 4.99. The van der Waals surface area contributed by atoms with Crippen molar-refractivity contribution in [1.82, 2.24) is 5.32 Å². The van der Waals surface area contributed by atoms with Gasteiger partial charge in [-0.15, -0.1) is 0 Å². The lowest BCUT2D eigenvalue weighted by atomic mass is 9.84. The van der Waals surface area contributed by atoms with E-state index < -0.39 is 6.10 Å². The molecule has 1 amide bonds. The molecule has 0 spiro atoms. The first kappa shape index (κ1) is 24.2. The number of hydrogen-bond acceptors (Lipinski definition) is 3. The number of carbonyl (C=O) groups is 1. The molecular formula is C21H34Cl2N2O2. The van der Waals surface area contributed by atoms with E-state index in [2.05, 4.69) is 5.32 Å². The Hall–Kier alpha value is -0.810. The van der Waals surface area contributed by atoms with E-state index in [-0.39, 0.29) is 11.9 Å². The molecule has 6 heteroatoms. The lowest BCUT2D eigenvalue weighted by Crippen LogP contribution is -2.48. The Morgan fingerprint density at radius 1 is 1.26 bits per heavy atom. The van der Waals surface area contributed by atoms with Crippen LogP contribution in [-0.4, -0.2) is 31.7 Å². The number of carbonyl (C=O) groups excluding carboxylic acids is 1. The normalized spacial score (nSPS) is 16.8. The maximum absolute atomic E-state index is 12.4. The van der Waals surface area contributed by atoms with Crippen LogP contribution < -0.4 is 11.1 Å². The van der Waals surface area contributed by atoms with Gasteiger partial charge in [0, 0.05) is 29.7 Å². The van der Waals surface area contributed by atoms with E-state index in [1.165, 1.54) is 32.1 Å². The number of benzene rings is 1. The van der Waals surface area contributed by atoms with Crippen molar-refractivity contribution < 1.29 is 9.53 Å². The van der Waals surface area contributed by atoms with Gasteiger partial charge in [0.15, 0.2) is 6.10 Å². The minimum absolute atomic E-state index is 0.157. The zero-order chi connectivity index (χ0) is 20.2. The molecule has 0 aliphatic heterocycles. The summed E-state index contributed by atoms with van der Waals surface area (Å²) in [4.78, 5) is 12.4. The molecule has 3 N–H and O–H groups in total. The van der Waals surface area contributed by atoms with Crippen LogP contribution in [0.5, 0.6) is 0 Å². The largest absolute Gasteiger partial charge is 0.370 e. The Bertz CT molecular complexity index is 563. The molecule has 0 radical (unpaired) electrons. The Labute approximate surface area is 174 Å². The van der Waals surface area contributed by atoms with Gasteiger partial charge in [-0.3, -0.25) is 4.79 Å². The summed E-state index contributed by atoms with van der Waals surface area (Å²) >= 11 is 12.0. The molecule has 2 rings (SSSR count). The Morgan fingerprint density at radius 2 is 1.93 bits per heavy atom. The van der Waals surface area contributed by atoms with Crippen LogP contribution in [-0.2, 0) is 16.0 Å². The molecule has 1 fully saturated rings. The van der Waals surface area contributed by atoms with Gasteiger partial charge < -0.3 is 15.8 Å². The van der Waals surface area contributed by atoms with E-state index in [4.69, 9.17) is 33.7 Å². The van der Waals surface area contributed by atoms with Gasteiger partial charge in [-0.05, 0) is 36.5 Å². The van der Waals surface area contributed by atoms with E-state index in [1.54, 1.807) is 19.2 Å². The standard InChI is InChI=1S/C19H28Cl2N2O2.C2H6/c1-25-18(17(22)11-13-5-3-2-4-6-13)19(24)23-10-9-14-7-8-15(20)12-16(14)21;1-2/h7-8,12-13,17-18H,2-6,9-11,22H2,1H3,(H,23,24);1-2H3. The number of halogens is 2. The van der Waals surface area contributed by atoms with Crippen molar-refractivity contribution >= 4 is 29.1 Å². The van der Waals surface area contributed by atoms with Gasteiger partial charge in [-0.25, -0.2) is 0 Å². The first-order chi connectivity index (χ1) is 13.0. The van der Waals surface area contributed by atoms with Gasteiger partial charge in [0.25, 0.3) is 5.91 Å². The molecule has 0 aromatic heterocycles. The van der Waals surface area contributed by atoms with Gasteiger partial charge >= 0.3 is 0 Å². The monoisotopic (exact) mass is 416 g/mol. The molecule has 1 aliphatic rings. The van der Waals surface area contributed by atoms with Crippen LogP contribution in [0.15, 0.2) is 18.2 Å². The second kappa shape index (κ2) is 13.4. The van der Waals surface area contributed by atoms with Crippen LogP contribution in [0.4, 0.5) is 0 Å². The molecule has 0 bridgehead atoms. The van der Waals surface area contributed by atoms with Crippen molar-refractivity contribution in [3.63, 3.8) is 0 Å². The highest BCUT2D eigenvalue weighted by atomic mass is 35.5. The highest BCUT2D eigenvalue weighted by Gasteiger charge is 2.28. The van der Waals surface area contributed by atoms with Crippen LogP contribution >= 0.6 is 23.2 Å². The lowest BCUT2D eigenvalue weighted by molar-refractivity contribution is -0.132. The van der Waals surface area contributed by atoms with E-state index in [0.29, 0.717) is 28.9 Å². The summed E-state index contributed by atoms with van der Waals surface area (Å²) in [6, 6.07) is 5.10. The van der Waals surface area contributed by atoms with Gasteiger partial charge in [0.2, 0.25) is 0 Å². The summed E-state index contributed by atoms with van der Waals surface area (Å²) in [6.07, 6.45) is 7.13. The van der Waals surface area contributed by atoms with Gasteiger partial charge in [-0.1, -0.05) is 75.2 Å². The molecule has 1 aliphatic carbocycles. The molecule has 0 heterocycles. The zero-order valence-corrected chi connectivity index (χ0v) is 18.3. The van der Waals surface area contributed by atoms with Crippen molar-refractivity contribution in [3.05, 3.63) is 33.8 Å². The molecule has 4 nitrogen and oxygen atoms in total. The number of hydrogen-bond donors (Lipinski definition) is 2. The molecule has 0 saturated heterocycles. The summed E-state index contributed by atoms with van der Waals surface area (Å²) in [7, 11) is 1.54. The Balaban J connectivity index is 0.00000176. The number of ether oxygens (including phenoxy) is 1. The summed E-state index contributed by atoms with van der Waals surface area (Å²) in [5.74, 6) is 0.456. The summed E-state index contributed by atoms with van der Waals surface area (Å²) in [5.41, 5.74) is 7.21.